The molecule has 0 bridgehead atoms. The first-order chi connectivity index (χ1) is 20.9. The van der Waals surface area contributed by atoms with Crippen LogP contribution in [-0.2, 0) is 12.6 Å². The van der Waals surface area contributed by atoms with Crippen molar-refractivity contribution in [2.75, 3.05) is 38.6 Å². The molecule has 44 heavy (non-hydrogen) atoms. The van der Waals surface area contributed by atoms with Crippen LogP contribution in [0.5, 0.6) is 5.75 Å². The van der Waals surface area contributed by atoms with Gasteiger partial charge in [-0.3, -0.25) is 19.7 Å². The van der Waals surface area contributed by atoms with Crippen LogP contribution in [0, 0.1) is 0 Å². The number of carboxylic acid groups (broad SMARTS) is 1. The maximum absolute atomic E-state index is 13.8. The molecular formula is C27H24ClF3N8O5. The summed E-state index contributed by atoms with van der Waals surface area (Å²) in [4.78, 5) is 50.5. The predicted octanol–water partition coefficient (Wildman–Crippen LogP) is 4.15. The molecule has 0 saturated carbocycles. The Morgan fingerprint density at radius 1 is 1.07 bits per heavy atom. The average Bonchev–Trinajstić information content (AvgIpc) is 3.65. The van der Waals surface area contributed by atoms with Crippen LogP contribution in [0.15, 0.2) is 42.7 Å². The quantitative estimate of drug-likeness (QED) is 0.235. The highest BCUT2D eigenvalue weighted by molar-refractivity contribution is 6.34. The molecule has 4 aromatic rings. The fourth-order valence-electron chi connectivity index (χ4n) is 4.61. The fraction of sp³-hybridized carbons (Fsp3) is 0.259. The second kappa shape index (κ2) is 12.2. The second-order valence-corrected chi connectivity index (χ2v) is 10.1. The molecule has 4 heterocycles. The molecule has 0 radical (unpaired) electrons. The van der Waals surface area contributed by atoms with Crippen LogP contribution in [0.1, 0.15) is 37.9 Å². The third-order valence-electron chi connectivity index (χ3n) is 6.87. The van der Waals surface area contributed by atoms with E-state index in [1.165, 1.54) is 53.6 Å². The maximum Gasteiger partial charge on any atom is 0.433 e. The van der Waals surface area contributed by atoms with E-state index in [9.17, 15) is 27.6 Å². The number of aromatic nitrogens is 5. The van der Waals surface area contributed by atoms with Crippen molar-refractivity contribution in [1.82, 2.24) is 34.9 Å². The van der Waals surface area contributed by atoms with Crippen molar-refractivity contribution in [3.8, 4) is 17.1 Å². The number of piperazine rings is 1. The zero-order valence-electron chi connectivity index (χ0n) is 22.9. The number of hydrogen-bond donors (Lipinski definition) is 4. The van der Waals surface area contributed by atoms with Crippen molar-refractivity contribution in [2.45, 2.75) is 12.6 Å². The predicted molar refractivity (Wildman–Crippen MR) is 150 cm³/mol. The van der Waals surface area contributed by atoms with Crippen molar-refractivity contribution < 1.29 is 37.4 Å². The lowest BCUT2D eigenvalue weighted by atomic mass is 10.0. The minimum atomic E-state index is -4.73. The largest absolute Gasteiger partial charge is 0.495 e. The van der Waals surface area contributed by atoms with Gasteiger partial charge in [0.25, 0.3) is 11.8 Å². The molecule has 5 rings (SSSR count). The number of anilines is 1. The van der Waals surface area contributed by atoms with Crippen molar-refractivity contribution in [3.05, 3.63) is 76.1 Å². The average molecular weight is 633 g/mol. The molecule has 0 aliphatic carbocycles. The van der Waals surface area contributed by atoms with Gasteiger partial charge < -0.3 is 29.9 Å². The van der Waals surface area contributed by atoms with Crippen LogP contribution in [-0.4, -0.2) is 91.3 Å². The number of pyridine rings is 1. The van der Waals surface area contributed by atoms with Gasteiger partial charge in [-0.1, -0.05) is 11.6 Å². The van der Waals surface area contributed by atoms with Crippen LogP contribution in [0.2, 0.25) is 5.02 Å². The third-order valence-corrected chi connectivity index (χ3v) is 7.18. The standard InChI is InChI=1S/C27H24ClF3N8O5/c1-44-16-3-5-20(32-13-16)21-18(22(37-36-21)27(29,30)31)10-15-12-33-23(34-15)24(40)35-14-2-4-17(19(28)11-14)25(41)38-6-8-39(9-7-38)26(42)43/h2-5,11-13H,6-10H2,1H3,(H,33,34)(H,35,40)(H,36,37)(H,42,43). The number of halogens is 4. The fourth-order valence-corrected chi connectivity index (χ4v) is 4.87. The molecule has 0 unspecified atom stereocenters. The minimum Gasteiger partial charge on any atom is -0.495 e. The Morgan fingerprint density at radius 2 is 1.80 bits per heavy atom. The van der Waals surface area contributed by atoms with Gasteiger partial charge in [-0.05, 0) is 30.3 Å². The Morgan fingerprint density at radius 3 is 2.41 bits per heavy atom. The number of imidazole rings is 1. The van der Waals surface area contributed by atoms with Gasteiger partial charge in [0.1, 0.15) is 17.1 Å². The lowest BCUT2D eigenvalue weighted by Crippen LogP contribution is -2.50. The Balaban J connectivity index is 1.28. The van der Waals surface area contributed by atoms with Crippen LogP contribution < -0.4 is 10.1 Å². The smallest absolute Gasteiger partial charge is 0.433 e. The number of alkyl halides is 3. The molecule has 0 spiro atoms. The van der Waals surface area contributed by atoms with Gasteiger partial charge in [-0.25, -0.2) is 9.78 Å². The van der Waals surface area contributed by atoms with Crippen LogP contribution in [0.4, 0.5) is 23.7 Å². The Kier molecular flexibility index (Phi) is 8.44. The molecule has 1 fully saturated rings. The van der Waals surface area contributed by atoms with Crippen molar-refractivity contribution in [3.63, 3.8) is 0 Å². The van der Waals surface area contributed by atoms with E-state index in [4.69, 9.17) is 21.4 Å². The van der Waals surface area contributed by atoms with E-state index in [0.717, 1.165) is 0 Å². The molecule has 3 aromatic heterocycles. The molecule has 13 nitrogen and oxygen atoms in total. The van der Waals surface area contributed by atoms with Crippen molar-refractivity contribution >= 4 is 35.2 Å². The first kappa shape index (κ1) is 30.3. The number of methoxy groups -OCH3 is 1. The number of H-pyrrole nitrogens is 2. The number of nitrogens with zero attached hydrogens (tertiary/aromatic N) is 5. The number of benzene rings is 1. The highest BCUT2D eigenvalue weighted by Gasteiger charge is 2.38. The summed E-state index contributed by atoms with van der Waals surface area (Å²) in [6.07, 6.45) is -3.48. The van der Waals surface area contributed by atoms with Crippen LogP contribution in [0.25, 0.3) is 11.4 Å². The first-order valence-electron chi connectivity index (χ1n) is 13.0. The summed E-state index contributed by atoms with van der Waals surface area (Å²) >= 11 is 6.33. The second-order valence-electron chi connectivity index (χ2n) is 9.65. The SMILES string of the molecule is COc1ccc(-c2n[nH]c(C(F)(F)F)c2Cc2cnc(C(=O)Nc3ccc(C(=O)N4CCN(C(=O)O)CC4)c(Cl)c3)[nH]2)nc1. The molecule has 1 aliphatic heterocycles. The number of ether oxygens (including phenoxy) is 1. The summed E-state index contributed by atoms with van der Waals surface area (Å²) < 4.78 is 46.4. The number of rotatable bonds is 7. The zero-order valence-corrected chi connectivity index (χ0v) is 23.7. The molecule has 17 heteroatoms. The number of nitrogens with one attached hydrogen (secondary N) is 3. The van der Waals surface area contributed by atoms with Gasteiger partial charge in [0.15, 0.2) is 5.82 Å². The normalized spacial score (nSPS) is 13.6. The molecular weight excluding hydrogens is 609 g/mol. The zero-order chi connectivity index (χ0) is 31.6. The highest BCUT2D eigenvalue weighted by Crippen LogP contribution is 2.36. The van der Waals surface area contributed by atoms with Gasteiger partial charge in [-0.2, -0.15) is 18.3 Å². The molecule has 4 N–H and O–H groups in total. The number of amides is 3. The van der Waals surface area contributed by atoms with Crippen LogP contribution in [0.3, 0.4) is 0 Å². The van der Waals surface area contributed by atoms with Crippen LogP contribution >= 0.6 is 11.6 Å². The third kappa shape index (κ3) is 6.44. The van der Waals surface area contributed by atoms with Gasteiger partial charge in [-0.15, -0.1) is 0 Å². The maximum atomic E-state index is 13.8. The van der Waals surface area contributed by atoms with E-state index in [1.807, 2.05) is 5.10 Å². The summed E-state index contributed by atoms with van der Waals surface area (Å²) in [5.74, 6) is -0.829. The summed E-state index contributed by atoms with van der Waals surface area (Å²) in [6.45, 7) is 0.774. The monoisotopic (exact) mass is 632 g/mol. The lowest BCUT2D eigenvalue weighted by molar-refractivity contribution is -0.141. The Hall–Kier alpha value is -5.12. The Bertz CT molecular complexity index is 1700. The summed E-state index contributed by atoms with van der Waals surface area (Å²) in [6, 6.07) is 7.30. The summed E-state index contributed by atoms with van der Waals surface area (Å²) in [7, 11) is 1.44. The topological polar surface area (TPSA) is 169 Å². The molecule has 1 saturated heterocycles. The molecule has 3 amide bonds. The van der Waals surface area contributed by atoms with E-state index in [0.29, 0.717) is 5.75 Å². The number of carbonyl (C=O) groups excluding carboxylic acids is 2. The van der Waals surface area contributed by atoms with E-state index in [2.05, 4.69) is 25.4 Å². The highest BCUT2D eigenvalue weighted by atomic mass is 35.5. The minimum absolute atomic E-state index is 0.0198. The van der Waals surface area contributed by atoms with Gasteiger partial charge >= 0.3 is 12.3 Å². The van der Waals surface area contributed by atoms with Gasteiger partial charge in [0.2, 0.25) is 0 Å². The summed E-state index contributed by atoms with van der Waals surface area (Å²) in [5.41, 5.74) is -0.455. The van der Waals surface area contributed by atoms with Gasteiger partial charge in [0, 0.05) is 55.7 Å². The lowest BCUT2D eigenvalue weighted by Gasteiger charge is -2.33. The number of aromatic amines is 2. The first-order valence-corrected chi connectivity index (χ1v) is 13.4. The molecule has 1 aliphatic rings. The number of carbonyl (C=O) groups is 3. The van der Waals surface area contributed by atoms with E-state index >= 15 is 0 Å². The van der Waals surface area contributed by atoms with E-state index in [-0.39, 0.29) is 83.3 Å². The summed E-state index contributed by atoms with van der Waals surface area (Å²) in [5, 5.41) is 17.6. The number of hydrogen-bond acceptors (Lipinski definition) is 7. The van der Waals surface area contributed by atoms with Crippen molar-refractivity contribution in [2.24, 2.45) is 0 Å². The Labute approximate surface area is 252 Å². The molecule has 1 aromatic carbocycles. The van der Waals surface area contributed by atoms with Crippen molar-refractivity contribution in [1.29, 1.82) is 0 Å². The molecule has 230 valence electrons. The van der Waals surface area contributed by atoms with E-state index < -0.39 is 23.9 Å². The molecule has 0 atom stereocenters. The van der Waals surface area contributed by atoms with E-state index in [1.54, 1.807) is 6.07 Å². The van der Waals surface area contributed by atoms with Gasteiger partial charge in [0.05, 0.1) is 29.6 Å².